The van der Waals surface area contributed by atoms with Crippen molar-refractivity contribution in [1.29, 1.82) is 0 Å². The number of rotatable bonds is 3. The minimum atomic E-state index is 0.884. The first-order chi connectivity index (χ1) is 4.41. The molecule has 0 aromatic carbocycles. The normalized spacial score (nSPS) is 10.3. The molecule has 0 fully saturated rings. The fraction of sp³-hybridized carbons (Fsp3) is 0.250. The topological polar surface area (TPSA) is 17.1 Å². The van der Waals surface area contributed by atoms with E-state index in [4.69, 9.17) is 0 Å². The zero-order chi connectivity index (χ0) is 6.95. The van der Waals surface area contributed by atoms with E-state index in [1.54, 1.807) is 12.0 Å². The van der Waals surface area contributed by atoms with Crippen LogP contribution in [-0.4, -0.2) is 5.94 Å². The van der Waals surface area contributed by atoms with Gasteiger partial charge in [0.15, 0.2) is 0 Å². The third kappa shape index (κ3) is 6.93. The van der Waals surface area contributed by atoms with Crippen molar-refractivity contribution < 1.29 is 4.79 Å². The zero-order valence-electron chi connectivity index (χ0n) is 5.50. The molecule has 0 heterocycles. The summed E-state index contributed by atoms with van der Waals surface area (Å²) in [6.07, 6.45) is 9.79. The molecule has 0 aliphatic rings. The molecule has 0 saturated carbocycles. The third-order valence-corrected chi connectivity index (χ3v) is 0.808. The van der Waals surface area contributed by atoms with Crippen LogP contribution >= 0.6 is 0 Å². The number of allylic oxidation sites excluding steroid dienone is 5. The van der Waals surface area contributed by atoms with Gasteiger partial charge in [-0.1, -0.05) is 24.3 Å². The van der Waals surface area contributed by atoms with Gasteiger partial charge in [0.05, 0.1) is 0 Å². The van der Waals surface area contributed by atoms with Gasteiger partial charge < -0.3 is 0 Å². The first-order valence-corrected chi connectivity index (χ1v) is 2.89. The second kappa shape index (κ2) is 6.93. The summed E-state index contributed by atoms with van der Waals surface area (Å²) in [6, 6.07) is 0. The lowest BCUT2D eigenvalue weighted by Crippen LogP contribution is -1.55. The van der Waals surface area contributed by atoms with E-state index in [1.165, 1.54) is 6.08 Å². The molecule has 1 nitrogen and oxygen atoms in total. The second-order valence-corrected chi connectivity index (χ2v) is 1.52. The second-order valence-electron chi connectivity index (χ2n) is 1.52. The molecule has 0 N–H and O–H groups in total. The van der Waals surface area contributed by atoms with Crippen molar-refractivity contribution in [2.24, 2.45) is 0 Å². The van der Waals surface area contributed by atoms with Crippen LogP contribution in [-0.2, 0) is 4.79 Å². The molecule has 1 heteroatoms. The summed E-state index contributed by atoms with van der Waals surface area (Å²) < 4.78 is 0. The highest BCUT2D eigenvalue weighted by Gasteiger charge is 1.64. The van der Waals surface area contributed by atoms with Crippen LogP contribution in [0.3, 0.4) is 0 Å². The Morgan fingerprint density at radius 1 is 1.44 bits per heavy atom. The average Bonchev–Trinajstić information content (AvgIpc) is 1.89. The van der Waals surface area contributed by atoms with Gasteiger partial charge in [0.2, 0.25) is 0 Å². The Bertz CT molecular complexity index is 148. The van der Waals surface area contributed by atoms with E-state index in [0.717, 1.165) is 6.42 Å². The molecule has 0 aromatic rings. The van der Waals surface area contributed by atoms with E-state index in [-0.39, 0.29) is 0 Å². The molecule has 0 spiro atoms. The van der Waals surface area contributed by atoms with Gasteiger partial charge in [-0.2, -0.15) is 0 Å². The van der Waals surface area contributed by atoms with Crippen molar-refractivity contribution in [3.63, 3.8) is 0 Å². The number of hydrogen-bond donors (Lipinski definition) is 0. The minimum Gasteiger partial charge on any atom is -0.234 e. The van der Waals surface area contributed by atoms with Crippen molar-refractivity contribution in [1.82, 2.24) is 0 Å². The van der Waals surface area contributed by atoms with E-state index in [1.807, 2.05) is 25.2 Å². The van der Waals surface area contributed by atoms with Gasteiger partial charge in [-0.3, -0.25) is 0 Å². The highest BCUT2D eigenvalue weighted by atomic mass is 16.1. The minimum absolute atomic E-state index is 0.884. The molecule has 0 saturated heterocycles. The predicted molar refractivity (Wildman–Crippen MR) is 38.8 cm³/mol. The van der Waals surface area contributed by atoms with Crippen molar-refractivity contribution >= 4 is 5.94 Å². The van der Waals surface area contributed by atoms with Crippen molar-refractivity contribution in [2.75, 3.05) is 0 Å². The maximum Gasteiger partial charge on any atom is 0.124 e. The van der Waals surface area contributed by atoms with E-state index in [0.29, 0.717) is 0 Å². The molecule has 0 unspecified atom stereocenters. The molecule has 0 bridgehead atoms. The molecule has 9 heavy (non-hydrogen) atoms. The Morgan fingerprint density at radius 3 is 2.78 bits per heavy atom. The Kier molecular flexibility index (Phi) is 6.11. The molecular weight excluding hydrogens is 112 g/mol. The Hall–Kier alpha value is -1.07. The predicted octanol–water partition coefficient (Wildman–Crippen LogP) is 1.90. The van der Waals surface area contributed by atoms with E-state index >= 15 is 0 Å². The summed E-state index contributed by atoms with van der Waals surface area (Å²) in [5.74, 6) is 1.66. The van der Waals surface area contributed by atoms with Gasteiger partial charge in [0.1, 0.15) is 5.94 Å². The van der Waals surface area contributed by atoms with Crippen LogP contribution in [0.4, 0.5) is 0 Å². The van der Waals surface area contributed by atoms with Crippen molar-refractivity contribution in [2.45, 2.75) is 13.3 Å². The van der Waals surface area contributed by atoms with Crippen LogP contribution in [0.2, 0.25) is 0 Å². The van der Waals surface area contributed by atoms with Crippen LogP contribution in [0, 0.1) is 0 Å². The monoisotopic (exact) mass is 122 g/mol. The van der Waals surface area contributed by atoms with Crippen LogP contribution in [0.1, 0.15) is 13.3 Å². The lowest BCUT2D eigenvalue weighted by Gasteiger charge is -1.74. The fourth-order valence-electron chi connectivity index (χ4n) is 0.401. The standard InChI is InChI=1S/C8H10O/c1-2-3-4-5-6-7-8-9/h2-3,5-7H,4H2,1H3. The van der Waals surface area contributed by atoms with Gasteiger partial charge in [-0.15, -0.1) is 0 Å². The smallest absolute Gasteiger partial charge is 0.124 e. The maximum absolute atomic E-state index is 9.59. The van der Waals surface area contributed by atoms with Gasteiger partial charge in [-0.05, 0) is 13.3 Å². The summed E-state index contributed by atoms with van der Waals surface area (Å²) in [5.41, 5.74) is 0. The van der Waals surface area contributed by atoms with Gasteiger partial charge in [0, 0.05) is 6.08 Å². The molecule has 48 valence electrons. The molecular formula is C8H10O. The van der Waals surface area contributed by atoms with Gasteiger partial charge in [0.25, 0.3) is 0 Å². The van der Waals surface area contributed by atoms with Crippen LogP contribution in [0.25, 0.3) is 0 Å². The van der Waals surface area contributed by atoms with Gasteiger partial charge >= 0.3 is 0 Å². The molecule has 0 radical (unpaired) electrons. The van der Waals surface area contributed by atoms with Crippen LogP contribution in [0.5, 0.6) is 0 Å². The lowest BCUT2D eigenvalue weighted by atomic mass is 10.3. The van der Waals surface area contributed by atoms with E-state index in [2.05, 4.69) is 0 Å². The molecule has 0 aliphatic carbocycles. The molecule has 0 atom stereocenters. The molecule has 0 amide bonds. The maximum atomic E-state index is 9.59. The van der Waals surface area contributed by atoms with E-state index in [9.17, 15) is 4.79 Å². The SMILES string of the molecule is CC=CCC=CC=C=O. The van der Waals surface area contributed by atoms with Crippen molar-refractivity contribution in [3.8, 4) is 0 Å². The number of carbonyl (C=O) groups excluding carboxylic acids is 1. The van der Waals surface area contributed by atoms with Gasteiger partial charge in [-0.25, -0.2) is 4.79 Å². The van der Waals surface area contributed by atoms with Crippen molar-refractivity contribution in [3.05, 3.63) is 30.4 Å². The highest BCUT2D eigenvalue weighted by Crippen LogP contribution is 1.84. The summed E-state index contributed by atoms with van der Waals surface area (Å²) in [5, 5.41) is 0. The average molecular weight is 122 g/mol. The third-order valence-electron chi connectivity index (χ3n) is 0.808. The van der Waals surface area contributed by atoms with Crippen LogP contribution in [0.15, 0.2) is 30.4 Å². The molecule has 0 aromatic heterocycles. The fourth-order valence-corrected chi connectivity index (χ4v) is 0.401. The Labute approximate surface area is 55.4 Å². The summed E-state index contributed by atoms with van der Waals surface area (Å²) in [4.78, 5) is 9.59. The Morgan fingerprint density at radius 2 is 2.22 bits per heavy atom. The zero-order valence-corrected chi connectivity index (χ0v) is 5.50. The molecule has 0 rings (SSSR count). The summed E-state index contributed by atoms with van der Waals surface area (Å²) in [6.45, 7) is 1.96. The quantitative estimate of drug-likeness (QED) is 0.317. The number of hydrogen-bond acceptors (Lipinski definition) is 1. The molecule has 0 aliphatic heterocycles. The Balaban J connectivity index is 3.36. The van der Waals surface area contributed by atoms with Crippen LogP contribution < -0.4 is 0 Å². The first-order valence-electron chi connectivity index (χ1n) is 2.89. The lowest BCUT2D eigenvalue weighted by molar-refractivity contribution is 0.569. The summed E-state index contributed by atoms with van der Waals surface area (Å²) >= 11 is 0. The highest BCUT2D eigenvalue weighted by molar-refractivity contribution is 5.48. The first kappa shape index (κ1) is 7.93. The largest absolute Gasteiger partial charge is 0.234 e. The summed E-state index contributed by atoms with van der Waals surface area (Å²) in [7, 11) is 0. The van der Waals surface area contributed by atoms with E-state index < -0.39 is 0 Å².